The topological polar surface area (TPSA) is 65.1 Å². The molecule has 3 aromatic rings. The summed E-state index contributed by atoms with van der Waals surface area (Å²) in [6.45, 7) is 2.05. The van der Waals surface area contributed by atoms with Crippen molar-refractivity contribution in [2.45, 2.75) is 31.9 Å². The van der Waals surface area contributed by atoms with Gasteiger partial charge in [-0.15, -0.1) is 0 Å². The number of amides is 1. The average Bonchev–Trinajstić information content (AvgIpc) is 3.10. The molecule has 0 saturated carbocycles. The molecule has 1 aromatic heterocycles. The van der Waals surface area contributed by atoms with E-state index in [1.807, 2.05) is 42.6 Å². The van der Waals surface area contributed by atoms with Crippen LogP contribution in [0, 0.1) is 6.92 Å². The maximum atomic E-state index is 12.5. The Bertz CT molecular complexity index is 913. The van der Waals surface area contributed by atoms with Crippen LogP contribution in [0.15, 0.2) is 48.7 Å². The number of hydrogen-bond acceptors (Lipinski definition) is 2. The third-order valence-corrected chi connectivity index (χ3v) is 4.87. The molecule has 2 atom stereocenters. The Morgan fingerprint density at radius 2 is 2.08 bits per heavy atom. The molecule has 24 heavy (non-hydrogen) atoms. The Morgan fingerprint density at radius 3 is 2.96 bits per heavy atom. The third kappa shape index (κ3) is 2.49. The lowest BCUT2D eigenvalue weighted by molar-refractivity contribution is -0.121. The van der Waals surface area contributed by atoms with Crippen LogP contribution in [0.1, 0.15) is 28.3 Å². The molecule has 4 rings (SSSR count). The molecule has 1 aliphatic rings. The van der Waals surface area contributed by atoms with Crippen LogP contribution in [0.3, 0.4) is 0 Å². The van der Waals surface area contributed by atoms with Gasteiger partial charge < -0.3 is 15.4 Å². The number of fused-ring (bicyclic) bond motifs is 2. The van der Waals surface area contributed by atoms with Gasteiger partial charge in [0.15, 0.2) is 0 Å². The Kier molecular flexibility index (Phi) is 3.62. The van der Waals surface area contributed by atoms with E-state index in [9.17, 15) is 9.90 Å². The zero-order valence-electron chi connectivity index (χ0n) is 13.5. The summed E-state index contributed by atoms with van der Waals surface area (Å²) in [4.78, 5) is 15.8. The molecular formula is C20H20N2O2. The minimum atomic E-state index is -0.559. The lowest BCUT2D eigenvalue weighted by Gasteiger charge is -2.18. The summed E-state index contributed by atoms with van der Waals surface area (Å²) >= 11 is 0. The van der Waals surface area contributed by atoms with E-state index in [-0.39, 0.29) is 11.9 Å². The summed E-state index contributed by atoms with van der Waals surface area (Å²) in [5.41, 5.74) is 5.32. The van der Waals surface area contributed by atoms with Crippen molar-refractivity contribution in [3.8, 4) is 0 Å². The van der Waals surface area contributed by atoms with Crippen molar-refractivity contribution >= 4 is 16.8 Å². The van der Waals surface area contributed by atoms with E-state index in [2.05, 4.69) is 23.3 Å². The van der Waals surface area contributed by atoms with Crippen LogP contribution in [0.25, 0.3) is 10.9 Å². The molecule has 4 heteroatoms. The van der Waals surface area contributed by atoms with Crippen molar-refractivity contribution in [1.29, 1.82) is 0 Å². The SMILES string of the molecule is Cc1cccc2[nH]cc(CC(=O)NC3c4ccccc4CC3O)c12. The molecule has 0 fully saturated rings. The van der Waals surface area contributed by atoms with Gasteiger partial charge in [0, 0.05) is 23.5 Å². The number of H-pyrrole nitrogens is 1. The van der Waals surface area contributed by atoms with Gasteiger partial charge in [0.2, 0.25) is 5.91 Å². The molecule has 1 amide bonds. The largest absolute Gasteiger partial charge is 0.390 e. The number of aliphatic hydroxyl groups is 1. The normalized spacial score (nSPS) is 19.4. The van der Waals surface area contributed by atoms with Crippen molar-refractivity contribution in [3.63, 3.8) is 0 Å². The predicted octanol–water partition coefficient (Wildman–Crippen LogP) is 2.79. The molecule has 1 heterocycles. The summed E-state index contributed by atoms with van der Waals surface area (Å²) in [7, 11) is 0. The van der Waals surface area contributed by atoms with Gasteiger partial charge >= 0.3 is 0 Å². The maximum absolute atomic E-state index is 12.5. The van der Waals surface area contributed by atoms with Gasteiger partial charge in [-0.05, 0) is 35.2 Å². The zero-order chi connectivity index (χ0) is 16.7. The van der Waals surface area contributed by atoms with Crippen LogP contribution in [0.2, 0.25) is 0 Å². The summed E-state index contributed by atoms with van der Waals surface area (Å²) in [6.07, 6.45) is 2.23. The standard InChI is InChI=1S/C20H20N2O2/c1-12-5-4-8-16-19(12)14(11-21-16)10-18(24)22-20-15-7-3-2-6-13(15)9-17(20)23/h2-8,11,17,20-21,23H,9-10H2,1H3,(H,22,24). The van der Waals surface area contributed by atoms with E-state index >= 15 is 0 Å². The van der Waals surface area contributed by atoms with Crippen LogP contribution in [0.5, 0.6) is 0 Å². The first-order chi connectivity index (χ1) is 11.6. The number of carbonyl (C=O) groups excluding carboxylic acids is 1. The number of hydrogen-bond donors (Lipinski definition) is 3. The van der Waals surface area contributed by atoms with E-state index in [0.29, 0.717) is 12.8 Å². The summed E-state index contributed by atoms with van der Waals surface area (Å²) in [6, 6.07) is 13.6. The van der Waals surface area contributed by atoms with E-state index in [1.165, 1.54) is 0 Å². The van der Waals surface area contributed by atoms with Crippen LogP contribution < -0.4 is 5.32 Å². The number of rotatable bonds is 3. The van der Waals surface area contributed by atoms with Crippen LogP contribution >= 0.6 is 0 Å². The van der Waals surface area contributed by atoms with E-state index in [4.69, 9.17) is 0 Å². The summed E-state index contributed by atoms with van der Waals surface area (Å²) in [5, 5.41) is 14.4. The molecule has 2 aromatic carbocycles. The molecule has 0 spiro atoms. The second-order valence-electron chi connectivity index (χ2n) is 6.50. The highest BCUT2D eigenvalue weighted by atomic mass is 16.3. The van der Waals surface area contributed by atoms with Gasteiger partial charge in [-0.2, -0.15) is 0 Å². The number of aromatic amines is 1. The van der Waals surface area contributed by atoms with Gasteiger partial charge in [-0.1, -0.05) is 36.4 Å². The van der Waals surface area contributed by atoms with E-state index < -0.39 is 6.10 Å². The third-order valence-electron chi connectivity index (χ3n) is 4.87. The van der Waals surface area contributed by atoms with Crippen molar-refractivity contribution in [2.75, 3.05) is 0 Å². The van der Waals surface area contributed by atoms with Gasteiger partial charge in [0.1, 0.15) is 0 Å². The van der Waals surface area contributed by atoms with Crippen molar-refractivity contribution in [1.82, 2.24) is 10.3 Å². The second-order valence-corrected chi connectivity index (χ2v) is 6.50. The molecule has 0 saturated heterocycles. The van der Waals surface area contributed by atoms with Crippen molar-refractivity contribution in [3.05, 3.63) is 70.9 Å². The minimum absolute atomic E-state index is 0.0695. The first-order valence-corrected chi connectivity index (χ1v) is 8.24. The van der Waals surface area contributed by atoms with Crippen LogP contribution in [0.4, 0.5) is 0 Å². The molecule has 0 aliphatic heterocycles. The van der Waals surface area contributed by atoms with Gasteiger partial charge in [-0.3, -0.25) is 4.79 Å². The number of carbonyl (C=O) groups is 1. The first kappa shape index (κ1) is 15.0. The lowest BCUT2D eigenvalue weighted by Crippen LogP contribution is -2.34. The number of aliphatic hydroxyl groups excluding tert-OH is 1. The van der Waals surface area contributed by atoms with Crippen molar-refractivity contribution < 1.29 is 9.90 Å². The van der Waals surface area contributed by atoms with Gasteiger partial charge in [0.05, 0.1) is 18.6 Å². The fraction of sp³-hybridized carbons (Fsp3) is 0.250. The van der Waals surface area contributed by atoms with Gasteiger partial charge in [-0.25, -0.2) is 0 Å². The zero-order valence-corrected chi connectivity index (χ0v) is 13.5. The second kappa shape index (κ2) is 5.80. The Labute approximate surface area is 140 Å². The molecule has 122 valence electrons. The number of aromatic nitrogens is 1. The highest BCUT2D eigenvalue weighted by Crippen LogP contribution is 2.31. The van der Waals surface area contributed by atoms with Crippen LogP contribution in [-0.4, -0.2) is 22.1 Å². The molecule has 0 bridgehead atoms. The monoisotopic (exact) mass is 320 g/mol. The lowest BCUT2D eigenvalue weighted by atomic mass is 10.0. The molecular weight excluding hydrogens is 300 g/mol. The quantitative estimate of drug-likeness (QED) is 0.695. The highest BCUT2D eigenvalue weighted by Gasteiger charge is 2.31. The predicted molar refractivity (Wildman–Crippen MR) is 93.8 cm³/mol. The molecule has 4 nitrogen and oxygen atoms in total. The molecule has 1 aliphatic carbocycles. The Balaban J connectivity index is 1.55. The Morgan fingerprint density at radius 1 is 1.25 bits per heavy atom. The van der Waals surface area contributed by atoms with Crippen LogP contribution in [-0.2, 0) is 17.6 Å². The summed E-state index contributed by atoms with van der Waals surface area (Å²) in [5.74, 6) is -0.0695. The number of nitrogens with one attached hydrogen (secondary N) is 2. The fourth-order valence-corrected chi connectivity index (χ4v) is 3.74. The summed E-state index contributed by atoms with van der Waals surface area (Å²) < 4.78 is 0. The van der Waals surface area contributed by atoms with E-state index in [0.717, 1.165) is 33.2 Å². The minimum Gasteiger partial charge on any atom is -0.390 e. The number of benzene rings is 2. The fourth-order valence-electron chi connectivity index (χ4n) is 3.74. The van der Waals surface area contributed by atoms with Crippen molar-refractivity contribution in [2.24, 2.45) is 0 Å². The first-order valence-electron chi connectivity index (χ1n) is 8.24. The highest BCUT2D eigenvalue weighted by molar-refractivity contribution is 5.91. The average molecular weight is 320 g/mol. The maximum Gasteiger partial charge on any atom is 0.225 e. The molecule has 3 N–H and O–H groups in total. The molecule has 0 radical (unpaired) electrons. The Hall–Kier alpha value is -2.59. The van der Waals surface area contributed by atoms with E-state index in [1.54, 1.807) is 0 Å². The smallest absolute Gasteiger partial charge is 0.225 e. The number of aryl methyl sites for hydroxylation is 1. The van der Waals surface area contributed by atoms with Gasteiger partial charge in [0.25, 0.3) is 0 Å². The molecule has 2 unspecified atom stereocenters.